The minimum atomic E-state index is 0.905. The first-order valence-corrected chi connectivity index (χ1v) is 17.4. The summed E-state index contributed by atoms with van der Waals surface area (Å²) in [6.07, 6.45) is 0. The molecule has 2 heterocycles. The van der Waals surface area contributed by atoms with Crippen LogP contribution in [0.1, 0.15) is 0 Å². The lowest BCUT2D eigenvalue weighted by Gasteiger charge is -2.29. The highest BCUT2D eigenvalue weighted by Gasteiger charge is 2.23. The molecule has 0 radical (unpaired) electrons. The minimum Gasteiger partial charge on any atom is -0.456 e. The molecule has 0 aliphatic rings. The van der Waals surface area contributed by atoms with Crippen LogP contribution in [-0.2, 0) is 0 Å². The van der Waals surface area contributed by atoms with Gasteiger partial charge in [0.1, 0.15) is 11.2 Å². The molecule has 0 bridgehead atoms. The Labute approximate surface area is 287 Å². The van der Waals surface area contributed by atoms with E-state index in [0.717, 1.165) is 44.6 Å². The lowest BCUT2D eigenvalue weighted by atomic mass is 9.93. The number of para-hydroxylation sites is 2. The molecular formula is C46H29NOS. The molecule has 8 aromatic carbocycles. The predicted molar refractivity (Wildman–Crippen MR) is 210 cm³/mol. The third-order valence-corrected chi connectivity index (χ3v) is 10.9. The third kappa shape index (κ3) is 4.47. The van der Waals surface area contributed by atoms with Gasteiger partial charge in [-0.3, -0.25) is 0 Å². The predicted octanol–water partition coefficient (Wildman–Crippen LogP) is 13.9. The van der Waals surface area contributed by atoms with Crippen molar-refractivity contribution < 1.29 is 4.42 Å². The summed E-state index contributed by atoms with van der Waals surface area (Å²) in [6.45, 7) is 0. The fraction of sp³-hybridized carbons (Fsp3) is 0. The van der Waals surface area contributed by atoms with E-state index in [1.54, 1.807) is 0 Å². The second kappa shape index (κ2) is 11.2. The summed E-state index contributed by atoms with van der Waals surface area (Å²) in [4.78, 5) is 2.45. The molecule has 230 valence electrons. The Morgan fingerprint density at radius 3 is 1.98 bits per heavy atom. The van der Waals surface area contributed by atoms with Crippen LogP contribution in [0.25, 0.3) is 75.1 Å². The van der Waals surface area contributed by atoms with E-state index >= 15 is 0 Å². The smallest absolute Gasteiger partial charge is 0.136 e. The van der Waals surface area contributed by atoms with Crippen LogP contribution in [-0.4, -0.2) is 0 Å². The van der Waals surface area contributed by atoms with Gasteiger partial charge >= 0.3 is 0 Å². The number of benzene rings is 8. The van der Waals surface area contributed by atoms with Gasteiger partial charge in [-0.15, -0.1) is 11.3 Å². The van der Waals surface area contributed by atoms with Crippen LogP contribution >= 0.6 is 11.3 Å². The maximum absolute atomic E-state index is 6.38. The number of nitrogens with zero attached hydrogens (tertiary/aromatic N) is 1. The molecule has 3 heteroatoms. The van der Waals surface area contributed by atoms with Gasteiger partial charge in [0.05, 0.1) is 16.1 Å². The Morgan fingerprint density at radius 2 is 1.08 bits per heavy atom. The molecule has 10 aromatic rings. The van der Waals surface area contributed by atoms with Crippen molar-refractivity contribution in [2.75, 3.05) is 4.90 Å². The number of hydrogen-bond acceptors (Lipinski definition) is 3. The molecule has 0 N–H and O–H groups in total. The van der Waals surface area contributed by atoms with Gasteiger partial charge in [-0.25, -0.2) is 0 Å². The summed E-state index contributed by atoms with van der Waals surface area (Å²) in [5, 5.41) is 7.26. The van der Waals surface area contributed by atoms with Gasteiger partial charge < -0.3 is 9.32 Å². The van der Waals surface area contributed by atoms with E-state index in [9.17, 15) is 0 Å². The standard InChI is InChI=1S/C46H29NOS/c1-2-12-30(13-3-1)31-24-27-33(28-25-31)47(40-21-11-19-37-35-16-6-9-23-43(35)49-46(37)40)39-20-7-4-15-34(39)36-18-10-14-32-26-29-42-45(44(32)36)38-17-5-8-22-41(38)48-42/h1-29H. The summed E-state index contributed by atoms with van der Waals surface area (Å²) in [7, 11) is 0. The van der Waals surface area contributed by atoms with Crippen molar-refractivity contribution in [1.82, 2.24) is 0 Å². The Hall–Kier alpha value is -6.16. The topological polar surface area (TPSA) is 16.4 Å². The largest absolute Gasteiger partial charge is 0.456 e. The Bertz CT molecular complexity index is 2830. The van der Waals surface area contributed by atoms with Gasteiger partial charge in [0.15, 0.2) is 0 Å². The molecule has 0 spiro atoms. The van der Waals surface area contributed by atoms with E-state index in [1.165, 1.54) is 47.6 Å². The first-order chi connectivity index (χ1) is 24.3. The number of anilines is 3. The number of thiophene rings is 1. The highest BCUT2D eigenvalue weighted by Crippen LogP contribution is 2.49. The Morgan fingerprint density at radius 1 is 0.408 bits per heavy atom. The third-order valence-electron chi connectivity index (χ3n) is 9.68. The Balaban J connectivity index is 1.26. The highest BCUT2D eigenvalue weighted by molar-refractivity contribution is 7.26. The molecule has 0 fully saturated rings. The molecule has 0 aliphatic heterocycles. The van der Waals surface area contributed by atoms with Crippen LogP contribution in [0.3, 0.4) is 0 Å². The van der Waals surface area contributed by atoms with Crippen molar-refractivity contribution in [2.45, 2.75) is 0 Å². The highest BCUT2D eigenvalue weighted by atomic mass is 32.1. The summed E-state index contributed by atoms with van der Waals surface area (Å²) >= 11 is 1.86. The van der Waals surface area contributed by atoms with Crippen LogP contribution < -0.4 is 4.90 Å². The van der Waals surface area contributed by atoms with Crippen LogP contribution in [0.15, 0.2) is 180 Å². The van der Waals surface area contributed by atoms with E-state index in [0.29, 0.717) is 0 Å². The quantitative estimate of drug-likeness (QED) is 0.186. The van der Waals surface area contributed by atoms with Gasteiger partial charge in [-0.05, 0) is 64.5 Å². The lowest BCUT2D eigenvalue weighted by molar-refractivity contribution is 0.669. The molecule has 0 aliphatic carbocycles. The SMILES string of the molecule is c1ccc(-c2ccc(N(c3ccccc3-c3cccc4ccc5oc6ccccc6c5c34)c3cccc4c3sc3ccccc34)cc2)cc1. The van der Waals surface area contributed by atoms with E-state index in [1.807, 2.05) is 17.4 Å². The summed E-state index contributed by atoms with van der Waals surface area (Å²) in [5.74, 6) is 0. The zero-order valence-electron chi connectivity index (χ0n) is 26.5. The van der Waals surface area contributed by atoms with E-state index in [2.05, 4.69) is 175 Å². The fourth-order valence-corrected chi connectivity index (χ4v) is 8.67. The second-order valence-electron chi connectivity index (χ2n) is 12.5. The van der Waals surface area contributed by atoms with E-state index in [4.69, 9.17) is 4.42 Å². The molecule has 2 nitrogen and oxygen atoms in total. The molecule has 49 heavy (non-hydrogen) atoms. The average Bonchev–Trinajstić information content (AvgIpc) is 3.75. The molecule has 0 unspecified atom stereocenters. The van der Waals surface area contributed by atoms with Crippen LogP contribution in [0.5, 0.6) is 0 Å². The number of furan rings is 1. The van der Waals surface area contributed by atoms with Crippen molar-refractivity contribution in [3.63, 3.8) is 0 Å². The van der Waals surface area contributed by atoms with Gasteiger partial charge in [0.2, 0.25) is 0 Å². The number of rotatable bonds is 5. The Kier molecular flexibility index (Phi) is 6.39. The van der Waals surface area contributed by atoms with E-state index in [-0.39, 0.29) is 0 Å². The van der Waals surface area contributed by atoms with Crippen LogP contribution in [0.4, 0.5) is 17.1 Å². The van der Waals surface area contributed by atoms with Crippen LogP contribution in [0, 0.1) is 0 Å². The summed E-state index contributed by atoms with van der Waals surface area (Å²) < 4.78 is 8.95. The number of hydrogen-bond donors (Lipinski definition) is 0. The van der Waals surface area contributed by atoms with Crippen molar-refractivity contribution >= 4 is 81.3 Å². The van der Waals surface area contributed by atoms with Gasteiger partial charge in [-0.2, -0.15) is 0 Å². The molecule has 0 amide bonds. The van der Waals surface area contributed by atoms with Gasteiger partial charge in [-0.1, -0.05) is 133 Å². The van der Waals surface area contributed by atoms with Crippen LogP contribution in [0.2, 0.25) is 0 Å². The normalized spacial score (nSPS) is 11.7. The zero-order valence-corrected chi connectivity index (χ0v) is 27.3. The van der Waals surface area contributed by atoms with E-state index < -0.39 is 0 Å². The van der Waals surface area contributed by atoms with Gasteiger partial charge in [0.25, 0.3) is 0 Å². The monoisotopic (exact) mass is 643 g/mol. The minimum absolute atomic E-state index is 0.905. The van der Waals surface area contributed by atoms with Crippen molar-refractivity contribution in [3.8, 4) is 22.3 Å². The zero-order chi connectivity index (χ0) is 32.3. The first-order valence-electron chi connectivity index (χ1n) is 16.6. The van der Waals surface area contributed by atoms with Crippen molar-refractivity contribution in [2.24, 2.45) is 0 Å². The summed E-state index contributed by atoms with van der Waals surface area (Å²) in [5.41, 5.74) is 9.95. The summed E-state index contributed by atoms with van der Waals surface area (Å²) in [6, 6.07) is 63.2. The maximum atomic E-state index is 6.38. The second-order valence-corrected chi connectivity index (χ2v) is 13.5. The maximum Gasteiger partial charge on any atom is 0.136 e. The lowest BCUT2D eigenvalue weighted by Crippen LogP contribution is -2.11. The van der Waals surface area contributed by atoms with Gasteiger partial charge in [0, 0.05) is 42.9 Å². The first kappa shape index (κ1) is 27.9. The number of fused-ring (bicyclic) bond motifs is 8. The molecule has 0 saturated carbocycles. The molecule has 0 saturated heterocycles. The fourth-order valence-electron chi connectivity index (χ4n) is 7.46. The molecule has 10 rings (SSSR count). The molecular weight excluding hydrogens is 615 g/mol. The molecule has 2 aromatic heterocycles. The molecule has 0 atom stereocenters. The average molecular weight is 644 g/mol. The van der Waals surface area contributed by atoms with Crippen molar-refractivity contribution in [3.05, 3.63) is 176 Å². The van der Waals surface area contributed by atoms with Crippen molar-refractivity contribution in [1.29, 1.82) is 0 Å².